The first-order valence-electron chi connectivity index (χ1n) is 5.80. The molecule has 1 fully saturated rings. The molecule has 1 saturated heterocycles. The van der Waals surface area contributed by atoms with Crippen molar-refractivity contribution in [2.24, 2.45) is 0 Å². The number of carboxylic acids is 1. The zero-order chi connectivity index (χ0) is 12.5. The number of carboxylic acid groups (broad SMARTS) is 1. The number of thiophene rings is 1. The molecule has 0 bridgehead atoms. The molecule has 2 heterocycles. The van der Waals surface area contributed by atoms with Crippen LogP contribution in [0, 0.1) is 0 Å². The number of nitrogens with zero attached hydrogens (tertiary/aromatic N) is 1. The molecule has 1 aliphatic heterocycles. The minimum atomic E-state index is -0.673. The van der Waals surface area contributed by atoms with Crippen LogP contribution in [0.4, 0.5) is 0 Å². The van der Waals surface area contributed by atoms with Gasteiger partial charge in [0.05, 0.1) is 0 Å². The molecule has 0 amide bonds. The molecule has 1 aromatic heterocycles. The van der Waals surface area contributed by atoms with Crippen LogP contribution in [-0.4, -0.2) is 28.1 Å². The summed E-state index contributed by atoms with van der Waals surface area (Å²) in [6.45, 7) is 3.60. The number of rotatable bonds is 4. The van der Waals surface area contributed by atoms with Crippen LogP contribution >= 0.6 is 27.3 Å². The van der Waals surface area contributed by atoms with Gasteiger partial charge in [-0.05, 0) is 47.8 Å². The number of hydrogen-bond acceptors (Lipinski definition) is 3. The first kappa shape index (κ1) is 13.1. The van der Waals surface area contributed by atoms with Gasteiger partial charge in [-0.15, -0.1) is 11.3 Å². The zero-order valence-corrected chi connectivity index (χ0v) is 12.2. The molecule has 1 aliphatic rings. The van der Waals surface area contributed by atoms with Gasteiger partial charge < -0.3 is 5.11 Å². The van der Waals surface area contributed by atoms with E-state index in [4.69, 9.17) is 0 Å². The summed E-state index contributed by atoms with van der Waals surface area (Å²) < 4.78 is 1.08. The standard InChI is InChI=1S/C12H16BrNO2S/c1-2-12(11(15)16)4-3-5-14(12)7-10-6-9(13)8-17-10/h6,8H,2-5,7H2,1H3,(H,15,16). The second-order valence-corrected chi connectivity index (χ2v) is 6.36. The van der Waals surface area contributed by atoms with E-state index in [9.17, 15) is 9.90 Å². The molecule has 0 aliphatic carbocycles. The Morgan fingerprint density at radius 3 is 3.00 bits per heavy atom. The number of aliphatic carboxylic acids is 1. The molecule has 1 atom stereocenters. The third-order valence-electron chi connectivity index (χ3n) is 3.58. The molecule has 17 heavy (non-hydrogen) atoms. The van der Waals surface area contributed by atoms with Gasteiger partial charge in [0.2, 0.25) is 0 Å². The molecule has 0 spiro atoms. The van der Waals surface area contributed by atoms with Gasteiger partial charge in [-0.3, -0.25) is 9.69 Å². The fourth-order valence-corrected chi connectivity index (χ4v) is 4.05. The largest absolute Gasteiger partial charge is 0.480 e. The summed E-state index contributed by atoms with van der Waals surface area (Å²) in [7, 11) is 0. The average molecular weight is 318 g/mol. The number of hydrogen-bond donors (Lipinski definition) is 1. The van der Waals surface area contributed by atoms with Crippen molar-refractivity contribution in [1.82, 2.24) is 4.90 Å². The van der Waals surface area contributed by atoms with Crippen LogP contribution in [0.2, 0.25) is 0 Å². The van der Waals surface area contributed by atoms with Gasteiger partial charge >= 0.3 is 5.97 Å². The Balaban J connectivity index is 2.17. The second-order valence-electron chi connectivity index (χ2n) is 4.45. The highest BCUT2D eigenvalue weighted by Gasteiger charge is 2.45. The molecule has 94 valence electrons. The van der Waals surface area contributed by atoms with Crippen LogP contribution in [0.3, 0.4) is 0 Å². The molecular weight excluding hydrogens is 302 g/mol. The van der Waals surface area contributed by atoms with E-state index in [-0.39, 0.29) is 0 Å². The topological polar surface area (TPSA) is 40.5 Å². The van der Waals surface area contributed by atoms with Crippen molar-refractivity contribution in [2.75, 3.05) is 6.54 Å². The van der Waals surface area contributed by atoms with Gasteiger partial charge in [-0.1, -0.05) is 6.92 Å². The molecule has 0 aromatic carbocycles. The summed E-state index contributed by atoms with van der Waals surface area (Å²) in [6, 6.07) is 2.07. The normalized spacial score (nSPS) is 25.3. The van der Waals surface area contributed by atoms with Crippen LogP contribution in [-0.2, 0) is 11.3 Å². The van der Waals surface area contributed by atoms with Crippen molar-refractivity contribution >= 4 is 33.2 Å². The van der Waals surface area contributed by atoms with Crippen molar-refractivity contribution in [3.05, 3.63) is 20.8 Å². The van der Waals surface area contributed by atoms with E-state index in [0.717, 1.165) is 30.4 Å². The molecule has 1 aromatic rings. The lowest BCUT2D eigenvalue weighted by molar-refractivity contribution is -0.150. The average Bonchev–Trinajstić information content (AvgIpc) is 2.86. The van der Waals surface area contributed by atoms with Crippen molar-refractivity contribution < 1.29 is 9.90 Å². The predicted molar refractivity (Wildman–Crippen MR) is 72.3 cm³/mol. The fourth-order valence-electron chi connectivity index (χ4n) is 2.58. The van der Waals surface area contributed by atoms with Gasteiger partial charge in [-0.2, -0.15) is 0 Å². The smallest absolute Gasteiger partial charge is 0.324 e. The summed E-state index contributed by atoms with van der Waals surface area (Å²) in [4.78, 5) is 14.9. The van der Waals surface area contributed by atoms with Gasteiger partial charge in [0.1, 0.15) is 5.54 Å². The lowest BCUT2D eigenvalue weighted by Crippen LogP contribution is -2.49. The van der Waals surface area contributed by atoms with Crippen LogP contribution in [0.5, 0.6) is 0 Å². The minimum Gasteiger partial charge on any atom is -0.480 e. The van der Waals surface area contributed by atoms with Crippen LogP contribution < -0.4 is 0 Å². The fraction of sp³-hybridized carbons (Fsp3) is 0.583. The van der Waals surface area contributed by atoms with E-state index in [1.165, 1.54) is 4.88 Å². The zero-order valence-electron chi connectivity index (χ0n) is 9.78. The first-order chi connectivity index (χ1) is 8.08. The van der Waals surface area contributed by atoms with Crippen LogP contribution in [0.1, 0.15) is 31.1 Å². The van der Waals surface area contributed by atoms with E-state index in [1.807, 2.05) is 12.3 Å². The number of likely N-dealkylation sites (tertiary alicyclic amines) is 1. The third-order valence-corrected chi connectivity index (χ3v) is 5.26. The lowest BCUT2D eigenvalue weighted by Gasteiger charge is -2.33. The maximum atomic E-state index is 11.5. The predicted octanol–water partition coefficient (Wildman–Crippen LogP) is 3.34. The highest BCUT2D eigenvalue weighted by Crippen LogP contribution is 2.35. The Bertz CT molecular complexity index is 420. The molecule has 3 nitrogen and oxygen atoms in total. The maximum Gasteiger partial charge on any atom is 0.324 e. The Labute approximate surface area is 114 Å². The summed E-state index contributed by atoms with van der Waals surface area (Å²) in [5.74, 6) is -0.673. The van der Waals surface area contributed by atoms with Crippen LogP contribution in [0.15, 0.2) is 15.9 Å². The third kappa shape index (κ3) is 2.41. The van der Waals surface area contributed by atoms with E-state index in [1.54, 1.807) is 11.3 Å². The monoisotopic (exact) mass is 317 g/mol. The Kier molecular flexibility index (Phi) is 3.90. The highest BCUT2D eigenvalue weighted by atomic mass is 79.9. The number of halogens is 1. The van der Waals surface area contributed by atoms with Crippen molar-refractivity contribution in [3.8, 4) is 0 Å². The molecule has 1 N–H and O–H groups in total. The second kappa shape index (κ2) is 5.08. The van der Waals surface area contributed by atoms with Gasteiger partial charge in [0.15, 0.2) is 0 Å². The summed E-state index contributed by atoms with van der Waals surface area (Å²) in [5, 5.41) is 11.5. The number of carbonyl (C=O) groups is 1. The Hall–Kier alpha value is -0.390. The van der Waals surface area contributed by atoms with E-state index < -0.39 is 11.5 Å². The Morgan fingerprint density at radius 2 is 2.47 bits per heavy atom. The van der Waals surface area contributed by atoms with Crippen molar-refractivity contribution in [2.45, 2.75) is 38.3 Å². The maximum absolute atomic E-state index is 11.5. The summed E-state index contributed by atoms with van der Waals surface area (Å²) in [6.07, 6.45) is 2.42. The molecular formula is C12H16BrNO2S. The van der Waals surface area contributed by atoms with Crippen molar-refractivity contribution in [3.63, 3.8) is 0 Å². The Morgan fingerprint density at radius 1 is 1.71 bits per heavy atom. The SMILES string of the molecule is CCC1(C(=O)O)CCCN1Cc1cc(Br)cs1. The summed E-state index contributed by atoms with van der Waals surface area (Å²) in [5.41, 5.74) is -0.642. The minimum absolute atomic E-state index is 0.642. The van der Waals surface area contributed by atoms with E-state index in [2.05, 4.69) is 26.9 Å². The quantitative estimate of drug-likeness (QED) is 0.926. The van der Waals surface area contributed by atoms with Gasteiger partial charge in [-0.25, -0.2) is 0 Å². The molecule has 2 rings (SSSR count). The molecule has 5 heteroatoms. The molecule has 0 radical (unpaired) electrons. The first-order valence-corrected chi connectivity index (χ1v) is 7.47. The van der Waals surface area contributed by atoms with Crippen molar-refractivity contribution in [1.29, 1.82) is 0 Å². The molecule has 1 unspecified atom stereocenters. The van der Waals surface area contributed by atoms with E-state index >= 15 is 0 Å². The van der Waals surface area contributed by atoms with Gasteiger partial charge in [0.25, 0.3) is 0 Å². The summed E-state index contributed by atoms with van der Waals surface area (Å²) >= 11 is 5.11. The van der Waals surface area contributed by atoms with E-state index in [0.29, 0.717) is 6.42 Å². The lowest BCUT2D eigenvalue weighted by atomic mass is 9.93. The molecule has 0 saturated carbocycles. The van der Waals surface area contributed by atoms with Crippen LogP contribution in [0.25, 0.3) is 0 Å². The van der Waals surface area contributed by atoms with Gasteiger partial charge in [0, 0.05) is 21.3 Å². The highest BCUT2D eigenvalue weighted by molar-refractivity contribution is 9.10.